The van der Waals surface area contributed by atoms with Gasteiger partial charge in [0.05, 0.1) is 12.1 Å². The number of nitrogens with one attached hydrogen (secondary N) is 1. The van der Waals surface area contributed by atoms with E-state index in [4.69, 9.17) is 0 Å². The van der Waals surface area contributed by atoms with Crippen LogP contribution in [0.3, 0.4) is 0 Å². The van der Waals surface area contributed by atoms with Gasteiger partial charge in [-0.2, -0.15) is 0 Å². The molecule has 0 atom stereocenters. The van der Waals surface area contributed by atoms with E-state index < -0.39 is 6.36 Å². The largest absolute Gasteiger partial charge is 0.573 e. The molecule has 1 aromatic carbocycles. The number of halogens is 3. The number of alkyl halides is 3. The molecule has 1 aliphatic rings. The summed E-state index contributed by atoms with van der Waals surface area (Å²) in [5.74, 6) is 0.626. The third kappa shape index (κ3) is 5.88. The lowest BCUT2D eigenvalue weighted by Gasteiger charge is -2.35. The molecule has 0 saturated carbocycles. The van der Waals surface area contributed by atoms with Crippen molar-refractivity contribution in [1.82, 2.24) is 14.9 Å². The fourth-order valence-corrected chi connectivity index (χ4v) is 4.03. The number of hydrogen-bond acceptors (Lipinski definition) is 7. The number of pyridine rings is 1. The SMILES string of the molecule is O=C(Cc1csc(Nc2ccc(OC(F)(F)F)cc2)n1)N1CCN(c2ccccn2)CC1. The van der Waals surface area contributed by atoms with Gasteiger partial charge in [-0.15, -0.1) is 24.5 Å². The third-order valence-electron chi connectivity index (χ3n) is 4.83. The van der Waals surface area contributed by atoms with Crippen LogP contribution in [-0.4, -0.2) is 53.3 Å². The summed E-state index contributed by atoms with van der Waals surface area (Å²) in [5, 5.41) is 5.37. The third-order valence-corrected chi connectivity index (χ3v) is 5.64. The normalized spacial score (nSPS) is 14.3. The zero-order chi connectivity index (χ0) is 22.6. The topological polar surface area (TPSA) is 70.6 Å². The van der Waals surface area contributed by atoms with Gasteiger partial charge in [-0.25, -0.2) is 9.97 Å². The summed E-state index contributed by atoms with van der Waals surface area (Å²) in [6, 6.07) is 11.1. The Kier molecular flexibility index (Phi) is 6.45. The van der Waals surface area contributed by atoms with E-state index in [1.807, 2.05) is 23.1 Å². The Balaban J connectivity index is 1.27. The number of carbonyl (C=O) groups excluding carboxylic acids is 1. The minimum absolute atomic E-state index is 0.0103. The molecule has 0 bridgehead atoms. The number of piperazine rings is 1. The summed E-state index contributed by atoms with van der Waals surface area (Å²) in [5.41, 5.74) is 1.21. The second kappa shape index (κ2) is 9.43. The van der Waals surface area contributed by atoms with Crippen molar-refractivity contribution in [3.63, 3.8) is 0 Å². The van der Waals surface area contributed by atoms with Gasteiger partial charge >= 0.3 is 6.36 Å². The van der Waals surface area contributed by atoms with Gasteiger partial charge < -0.3 is 19.9 Å². The van der Waals surface area contributed by atoms with Crippen molar-refractivity contribution in [2.24, 2.45) is 0 Å². The van der Waals surface area contributed by atoms with Gasteiger partial charge in [0.1, 0.15) is 11.6 Å². The molecule has 7 nitrogen and oxygen atoms in total. The average molecular weight is 463 g/mol. The maximum Gasteiger partial charge on any atom is 0.573 e. The maximum absolute atomic E-state index is 12.7. The molecule has 3 heterocycles. The van der Waals surface area contributed by atoms with Gasteiger partial charge in [0.2, 0.25) is 5.91 Å². The van der Waals surface area contributed by atoms with Crippen LogP contribution in [0.4, 0.5) is 29.8 Å². The highest BCUT2D eigenvalue weighted by molar-refractivity contribution is 7.13. The smallest absolute Gasteiger partial charge is 0.406 e. The summed E-state index contributed by atoms with van der Waals surface area (Å²) in [6.45, 7) is 2.69. The van der Waals surface area contributed by atoms with Crippen LogP contribution in [0.2, 0.25) is 0 Å². The van der Waals surface area contributed by atoms with Crippen LogP contribution < -0.4 is 15.0 Å². The lowest BCUT2D eigenvalue weighted by molar-refractivity contribution is -0.274. The first kappa shape index (κ1) is 21.9. The van der Waals surface area contributed by atoms with E-state index in [-0.39, 0.29) is 18.1 Å². The van der Waals surface area contributed by atoms with Crippen LogP contribution in [0.1, 0.15) is 5.69 Å². The molecule has 1 fully saturated rings. The van der Waals surface area contributed by atoms with Crippen molar-refractivity contribution >= 4 is 33.9 Å². The van der Waals surface area contributed by atoms with Crippen molar-refractivity contribution in [1.29, 1.82) is 0 Å². The highest BCUT2D eigenvalue weighted by Gasteiger charge is 2.31. The molecule has 4 rings (SSSR count). The molecule has 1 N–H and O–H groups in total. The van der Waals surface area contributed by atoms with Crippen LogP contribution in [0.25, 0.3) is 0 Å². The number of anilines is 3. The minimum Gasteiger partial charge on any atom is -0.406 e. The molecule has 11 heteroatoms. The fourth-order valence-electron chi connectivity index (χ4n) is 3.30. The van der Waals surface area contributed by atoms with Crippen LogP contribution in [-0.2, 0) is 11.2 Å². The molecule has 1 saturated heterocycles. The quantitative estimate of drug-likeness (QED) is 0.594. The first-order valence-electron chi connectivity index (χ1n) is 9.87. The Morgan fingerprint density at radius 2 is 1.84 bits per heavy atom. The number of amides is 1. The van der Waals surface area contributed by atoms with Crippen molar-refractivity contribution in [2.75, 3.05) is 36.4 Å². The molecule has 0 spiro atoms. The van der Waals surface area contributed by atoms with E-state index in [1.54, 1.807) is 11.6 Å². The van der Waals surface area contributed by atoms with Crippen LogP contribution >= 0.6 is 11.3 Å². The highest BCUT2D eigenvalue weighted by atomic mass is 32.1. The molecule has 2 aromatic heterocycles. The first-order chi connectivity index (χ1) is 15.4. The molecule has 0 unspecified atom stereocenters. The number of nitrogens with zero attached hydrogens (tertiary/aromatic N) is 4. The Hall–Kier alpha value is -3.34. The average Bonchev–Trinajstić information content (AvgIpc) is 3.21. The van der Waals surface area contributed by atoms with Gasteiger partial charge in [-0.05, 0) is 36.4 Å². The van der Waals surface area contributed by atoms with Gasteiger partial charge in [0.15, 0.2) is 5.13 Å². The Morgan fingerprint density at radius 1 is 1.09 bits per heavy atom. The van der Waals surface area contributed by atoms with Crippen molar-refractivity contribution in [3.8, 4) is 5.75 Å². The molecule has 1 aliphatic heterocycles. The second-order valence-electron chi connectivity index (χ2n) is 7.07. The monoisotopic (exact) mass is 463 g/mol. The lowest BCUT2D eigenvalue weighted by atomic mass is 10.2. The number of aromatic nitrogens is 2. The van der Waals surface area contributed by atoms with Crippen molar-refractivity contribution in [2.45, 2.75) is 12.8 Å². The molecule has 168 valence electrons. The number of hydrogen-bond donors (Lipinski definition) is 1. The number of rotatable bonds is 6. The van der Waals surface area contributed by atoms with E-state index in [2.05, 4.69) is 24.9 Å². The first-order valence-corrected chi connectivity index (χ1v) is 10.7. The van der Waals surface area contributed by atoms with Crippen LogP contribution in [0.5, 0.6) is 5.75 Å². The van der Waals surface area contributed by atoms with Crippen LogP contribution in [0.15, 0.2) is 54.0 Å². The fraction of sp³-hybridized carbons (Fsp3) is 0.286. The van der Waals surface area contributed by atoms with E-state index in [0.29, 0.717) is 29.6 Å². The van der Waals surface area contributed by atoms with E-state index in [0.717, 1.165) is 18.9 Å². The molecule has 32 heavy (non-hydrogen) atoms. The zero-order valence-corrected chi connectivity index (χ0v) is 17.7. The zero-order valence-electron chi connectivity index (χ0n) is 16.9. The van der Waals surface area contributed by atoms with Crippen LogP contribution in [0, 0.1) is 0 Å². The lowest BCUT2D eigenvalue weighted by Crippen LogP contribution is -2.49. The molecular formula is C21H20F3N5O2S. The predicted octanol–water partition coefficient (Wildman–Crippen LogP) is 4.07. The Labute approximate surface area is 186 Å². The minimum atomic E-state index is -4.73. The Morgan fingerprint density at radius 3 is 2.50 bits per heavy atom. The van der Waals surface area contributed by atoms with E-state index >= 15 is 0 Å². The molecular weight excluding hydrogens is 443 g/mol. The number of ether oxygens (including phenoxy) is 1. The summed E-state index contributed by atoms with van der Waals surface area (Å²) >= 11 is 1.32. The maximum atomic E-state index is 12.7. The van der Waals surface area contributed by atoms with E-state index in [9.17, 15) is 18.0 Å². The summed E-state index contributed by atoms with van der Waals surface area (Å²) < 4.78 is 40.6. The van der Waals surface area contributed by atoms with E-state index in [1.165, 1.54) is 35.6 Å². The van der Waals surface area contributed by atoms with Gasteiger partial charge in [0, 0.05) is 43.4 Å². The Bertz CT molecular complexity index is 1040. The predicted molar refractivity (Wildman–Crippen MR) is 115 cm³/mol. The number of benzene rings is 1. The number of thiazole rings is 1. The van der Waals surface area contributed by atoms with Crippen molar-refractivity contribution in [3.05, 3.63) is 59.7 Å². The van der Waals surface area contributed by atoms with Crippen molar-refractivity contribution < 1.29 is 22.7 Å². The molecule has 3 aromatic rings. The summed E-state index contributed by atoms with van der Waals surface area (Å²) in [7, 11) is 0. The number of carbonyl (C=O) groups is 1. The molecule has 0 aliphatic carbocycles. The molecule has 0 radical (unpaired) electrons. The summed E-state index contributed by atoms with van der Waals surface area (Å²) in [6.07, 6.45) is -2.78. The van der Waals surface area contributed by atoms with Gasteiger partial charge in [0.25, 0.3) is 0 Å². The standard InChI is InChI=1S/C21H20F3N5O2S/c22-21(23,24)31-17-6-4-15(5-7-17)26-20-27-16(14-32-20)13-19(30)29-11-9-28(10-12-29)18-3-1-2-8-25-18/h1-8,14H,9-13H2,(H,26,27). The summed E-state index contributed by atoms with van der Waals surface area (Å²) in [4.78, 5) is 25.4. The van der Waals surface area contributed by atoms with Gasteiger partial charge in [-0.3, -0.25) is 4.79 Å². The second-order valence-corrected chi connectivity index (χ2v) is 7.93. The van der Waals surface area contributed by atoms with Gasteiger partial charge in [-0.1, -0.05) is 6.07 Å². The highest BCUT2D eigenvalue weighted by Crippen LogP contribution is 2.26. The molecule has 1 amide bonds.